The molecule has 0 spiro atoms. The molecule has 0 aliphatic heterocycles. The van der Waals surface area contributed by atoms with Gasteiger partial charge in [-0.05, 0) is 18.3 Å². The molecule has 0 bridgehead atoms. The molecule has 0 radical (unpaired) electrons. The van der Waals surface area contributed by atoms with E-state index in [9.17, 15) is 9.59 Å². The van der Waals surface area contributed by atoms with Crippen LogP contribution >= 0.6 is 0 Å². The summed E-state index contributed by atoms with van der Waals surface area (Å²) in [4.78, 5) is 20.6. The summed E-state index contributed by atoms with van der Waals surface area (Å²) in [6.45, 7) is 2.03. The number of hydrogen-bond acceptors (Lipinski definition) is 2. The van der Waals surface area contributed by atoms with Crippen LogP contribution in [0.3, 0.4) is 0 Å². The van der Waals surface area contributed by atoms with Crippen molar-refractivity contribution >= 4 is 11.8 Å². The molecule has 1 saturated carbocycles. The summed E-state index contributed by atoms with van der Waals surface area (Å²) in [5.41, 5.74) is 0. The number of carbonyl (C=O) groups is 2. The molecule has 3 nitrogen and oxygen atoms in total. The fourth-order valence-electron chi connectivity index (χ4n) is 1.01. The Balaban J connectivity index is 2.26. The molecule has 0 heterocycles. The summed E-state index contributed by atoms with van der Waals surface area (Å²) in [6.07, 6.45) is 1.25. The van der Waals surface area contributed by atoms with E-state index < -0.39 is 11.8 Å². The fourth-order valence-corrected chi connectivity index (χ4v) is 1.01. The zero-order valence-electron chi connectivity index (χ0n) is 5.83. The smallest absolute Gasteiger partial charge is 0.372 e. The van der Waals surface area contributed by atoms with E-state index in [4.69, 9.17) is 5.11 Å². The number of rotatable bonds is 3. The minimum absolute atomic E-state index is 0.233. The Morgan fingerprint density at radius 3 is 2.40 bits per heavy atom. The first-order valence-electron chi connectivity index (χ1n) is 3.37. The van der Waals surface area contributed by atoms with Gasteiger partial charge >= 0.3 is 5.97 Å². The summed E-state index contributed by atoms with van der Waals surface area (Å²) >= 11 is 0. The lowest BCUT2D eigenvalue weighted by molar-refractivity contribution is -0.149. The van der Waals surface area contributed by atoms with E-state index in [0.717, 1.165) is 6.42 Å². The summed E-state index contributed by atoms with van der Waals surface area (Å²) in [6, 6.07) is 0. The molecular formula is C7H10O3. The highest BCUT2D eigenvalue weighted by atomic mass is 16.4. The lowest BCUT2D eigenvalue weighted by atomic mass is 10.2. The average Bonchev–Trinajstić information content (AvgIpc) is 2.46. The molecule has 1 aliphatic carbocycles. The number of ketones is 1. The molecule has 10 heavy (non-hydrogen) atoms. The molecule has 3 heteroatoms. The van der Waals surface area contributed by atoms with Crippen molar-refractivity contribution in [1.29, 1.82) is 0 Å². The molecule has 1 aliphatic rings. The SMILES string of the molecule is CC1CC1CC(=O)C(=O)O. The van der Waals surface area contributed by atoms with Crippen LogP contribution in [0.4, 0.5) is 0 Å². The fraction of sp³-hybridized carbons (Fsp3) is 0.714. The molecule has 0 aromatic rings. The molecule has 56 valence electrons. The quantitative estimate of drug-likeness (QED) is 0.590. The highest BCUT2D eigenvalue weighted by Gasteiger charge is 2.35. The Kier molecular flexibility index (Phi) is 1.74. The third-order valence-electron chi connectivity index (χ3n) is 1.96. The molecule has 0 saturated heterocycles. The topological polar surface area (TPSA) is 54.4 Å². The molecule has 0 amide bonds. The standard InChI is InChI=1S/C7H10O3/c1-4-2-5(4)3-6(8)7(9)10/h4-5H,2-3H2,1H3,(H,9,10). The Morgan fingerprint density at radius 1 is 1.60 bits per heavy atom. The normalized spacial score (nSPS) is 29.7. The van der Waals surface area contributed by atoms with Crippen LogP contribution in [0.15, 0.2) is 0 Å². The van der Waals surface area contributed by atoms with E-state index in [2.05, 4.69) is 0 Å². The van der Waals surface area contributed by atoms with Crippen LogP contribution in [0.5, 0.6) is 0 Å². The second-order valence-corrected chi connectivity index (χ2v) is 2.91. The van der Waals surface area contributed by atoms with Gasteiger partial charge in [0.2, 0.25) is 5.78 Å². The first kappa shape index (κ1) is 7.25. The number of aliphatic carboxylic acids is 1. The Labute approximate surface area is 59.0 Å². The van der Waals surface area contributed by atoms with Crippen molar-refractivity contribution in [2.24, 2.45) is 11.8 Å². The van der Waals surface area contributed by atoms with Gasteiger partial charge < -0.3 is 5.11 Å². The third kappa shape index (κ3) is 1.56. The highest BCUT2D eigenvalue weighted by Crippen LogP contribution is 2.40. The van der Waals surface area contributed by atoms with Crippen LogP contribution in [-0.4, -0.2) is 16.9 Å². The van der Waals surface area contributed by atoms with Crippen molar-refractivity contribution in [3.63, 3.8) is 0 Å². The second kappa shape index (κ2) is 2.40. The predicted octanol–water partition coefficient (Wildman–Crippen LogP) is 0.686. The maximum Gasteiger partial charge on any atom is 0.372 e. The van der Waals surface area contributed by atoms with Crippen molar-refractivity contribution in [3.8, 4) is 0 Å². The van der Waals surface area contributed by atoms with Crippen molar-refractivity contribution in [1.82, 2.24) is 0 Å². The molecular weight excluding hydrogens is 132 g/mol. The van der Waals surface area contributed by atoms with E-state index >= 15 is 0 Å². The third-order valence-corrected chi connectivity index (χ3v) is 1.96. The number of Topliss-reactive ketones (excluding diaryl/α,β-unsaturated/α-hetero) is 1. The summed E-state index contributed by atoms with van der Waals surface area (Å²) in [5, 5.41) is 8.20. The highest BCUT2D eigenvalue weighted by molar-refractivity contribution is 6.32. The van der Waals surface area contributed by atoms with E-state index in [-0.39, 0.29) is 6.42 Å². The van der Waals surface area contributed by atoms with Gasteiger partial charge in [-0.25, -0.2) is 4.79 Å². The van der Waals surface area contributed by atoms with Crippen LogP contribution in [0.2, 0.25) is 0 Å². The maximum atomic E-state index is 10.5. The van der Waals surface area contributed by atoms with Crippen molar-refractivity contribution in [2.45, 2.75) is 19.8 Å². The van der Waals surface area contributed by atoms with Gasteiger partial charge in [0, 0.05) is 6.42 Å². The second-order valence-electron chi connectivity index (χ2n) is 2.91. The van der Waals surface area contributed by atoms with E-state index in [1.807, 2.05) is 6.92 Å². The van der Waals surface area contributed by atoms with Crippen LogP contribution < -0.4 is 0 Å². The van der Waals surface area contributed by atoms with Gasteiger partial charge in [0.15, 0.2) is 0 Å². The van der Waals surface area contributed by atoms with E-state index in [0.29, 0.717) is 11.8 Å². The van der Waals surface area contributed by atoms with Crippen LogP contribution in [0, 0.1) is 11.8 Å². The summed E-state index contributed by atoms with van der Waals surface area (Å²) < 4.78 is 0. The largest absolute Gasteiger partial charge is 0.476 e. The first-order chi connectivity index (χ1) is 4.61. The minimum Gasteiger partial charge on any atom is -0.476 e. The van der Waals surface area contributed by atoms with Crippen molar-refractivity contribution in [2.75, 3.05) is 0 Å². The Hall–Kier alpha value is -0.860. The number of carbonyl (C=O) groups excluding carboxylic acids is 1. The van der Waals surface area contributed by atoms with Gasteiger partial charge in [0.05, 0.1) is 0 Å². The monoisotopic (exact) mass is 142 g/mol. The van der Waals surface area contributed by atoms with Crippen LogP contribution in [0.1, 0.15) is 19.8 Å². The zero-order valence-corrected chi connectivity index (χ0v) is 5.83. The first-order valence-corrected chi connectivity index (χ1v) is 3.37. The molecule has 0 aromatic carbocycles. The molecule has 1 rings (SSSR count). The van der Waals surface area contributed by atoms with E-state index in [1.165, 1.54) is 0 Å². The van der Waals surface area contributed by atoms with Gasteiger partial charge in [-0.15, -0.1) is 0 Å². The van der Waals surface area contributed by atoms with Gasteiger partial charge in [0.1, 0.15) is 0 Å². The van der Waals surface area contributed by atoms with Crippen molar-refractivity contribution in [3.05, 3.63) is 0 Å². The Morgan fingerprint density at radius 2 is 2.10 bits per heavy atom. The van der Waals surface area contributed by atoms with Gasteiger partial charge in [-0.1, -0.05) is 6.92 Å². The predicted molar refractivity (Wildman–Crippen MR) is 34.5 cm³/mol. The number of carboxylic acids is 1. The maximum absolute atomic E-state index is 10.5. The molecule has 1 N–H and O–H groups in total. The lowest BCUT2D eigenvalue weighted by Gasteiger charge is -1.90. The lowest BCUT2D eigenvalue weighted by Crippen LogP contribution is -2.12. The Bertz CT molecular complexity index is 174. The van der Waals surface area contributed by atoms with Gasteiger partial charge in [0.25, 0.3) is 0 Å². The summed E-state index contributed by atoms with van der Waals surface area (Å²) in [5.74, 6) is -1.03. The van der Waals surface area contributed by atoms with E-state index in [1.54, 1.807) is 0 Å². The molecule has 2 unspecified atom stereocenters. The van der Waals surface area contributed by atoms with Crippen LogP contribution in [0.25, 0.3) is 0 Å². The van der Waals surface area contributed by atoms with Gasteiger partial charge in [-0.3, -0.25) is 4.79 Å². The minimum atomic E-state index is -1.29. The number of carboxylic acid groups (broad SMARTS) is 1. The molecule has 1 fully saturated rings. The molecule has 2 atom stereocenters. The zero-order chi connectivity index (χ0) is 7.72. The molecule has 0 aromatic heterocycles. The average molecular weight is 142 g/mol. The number of hydrogen-bond donors (Lipinski definition) is 1. The summed E-state index contributed by atoms with van der Waals surface area (Å²) in [7, 11) is 0. The van der Waals surface area contributed by atoms with Gasteiger partial charge in [-0.2, -0.15) is 0 Å². The van der Waals surface area contributed by atoms with Crippen LogP contribution in [-0.2, 0) is 9.59 Å². The van der Waals surface area contributed by atoms with Crippen molar-refractivity contribution < 1.29 is 14.7 Å².